The predicted octanol–water partition coefficient (Wildman–Crippen LogP) is 2.27. The van der Waals surface area contributed by atoms with Crippen LogP contribution in [-0.4, -0.2) is 36.5 Å². The van der Waals surface area contributed by atoms with Gasteiger partial charge in [0.15, 0.2) is 0 Å². The zero-order valence-corrected chi connectivity index (χ0v) is 13.9. The van der Waals surface area contributed by atoms with Crippen molar-refractivity contribution in [2.45, 2.75) is 6.54 Å². The number of rotatable bonds is 5. The highest BCUT2D eigenvalue weighted by atomic mass is 35.5. The Hall–Kier alpha value is -3.13. The summed E-state index contributed by atoms with van der Waals surface area (Å²) in [6.45, 7) is 0.547. The van der Waals surface area contributed by atoms with Gasteiger partial charge in [0, 0.05) is 18.9 Å². The molecule has 0 saturated heterocycles. The molecule has 2 heterocycles. The maximum atomic E-state index is 12.3. The van der Waals surface area contributed by atoms with Gasteiger partial charge in [0.05, 0.1) is 24.0 Å². The lowest BCUT2D eigenvalue weighted by atomic mass is 10.2. The maximum Gasteiger partial charge on any atom is 0.339 e. The van der Waals surface area contributed by atoms with Gasteiger partial charge < -0.3 is 10.4 Å². The first-order valence-electron chi connectivity index (χ1n) is 7.27. The highest BCUT2D eigenvalue weighted by molar-refractivity contribution is 6.30. The second-order valence-corrected chi connectivity index (χ2v) is 5.78. The van der Waals surface area contributed by atoms with Crippen LogP contribution in [0.1, 0.15) is 26.4 Å². The van der Waals surface area contributed by atoms with Gasteiger partial charge in [-0.05, 0) is 17.7 Å². The Bertz CT molecular complexity index is 930. The molecule has 0 aliphatic carbocycles. The minimum atomic E-state index is -1.20. The summed E-state index contributed by atoms with van der Waals surface area (Å²) in [5.41, 5.74) is 1.37. The second-order valence-electron chi connectivity index (χ2n) is 5.34. The summed E-state index contributed by atoms with van der Waals surface area (Å²) in [7, 11) is 1.51. The molecule has 0 atom stereocenters. The van der Waals surface area contributed by atoms with Crippen molar-refractivity contribution >= 4 is 29.2 Å². The molecule has 0 radical (unpaired) electrons. The summed E-state index contributed by atoms with van der Waals surface area (Å²) in [5, 5.41) is 20.3. The molecule has 0 saturated carbocycles. The van der Waals surface area contributed by atoms with Crippen LogP contribution in [0.15, 0.2) is 42.9 Å². The first kappa shape index (κ1) is 16.7. The lowest BCUT2D eigenvalue weighted by molar-refractivity contribution is 0.0692. The summed E-state index contributed by atoms with van der Waals surface area (Å²) in [6, 6.07) is 7.14. The molecule has 2 aromatic heterocycles. The van der Waals surface area contributed by atoms with Crippen molar-refractivity contribution in [2.24, 2.45) is 7.05 Å². The second kappa shape index (κ2) is 6.78. The number of amides is 1. The van der Waals surface area contributed by atoms with Gasteiger partial charge >= 0.3 is 5.97 Å². The number of nitrogens with one attached hydrogen (secondary N) is 1. The third kappa shape index (κ3) is 3.69. The van der Waals surface area contributed by atoms with Crippen LogP contribution in [0, 0.1) is 0 Å². The van der Waals surface area contributed by atoms with Gasteiger partial charge in [-0.1, -0.05) is 23.7 Å². The summed E-state index contributed by atoms with van der Waals surface area (Å²) < 4.78 is 2.93. The summed E-state index contributed by atoms with van der Waals surface area (Å²) >= 11 is 5.83. The molecular weight excluding hydrogens is 346 g/mol. The molecule has 8 nitrogen and oxygen atoms in total. The van der Waals surface area contributed by atoms with Gasteiger partial charge in [-0.2, -0.15) is 10.2 Å². The van der Waals surface area contributed by atoms with Gasteiger partial charge in [0.2, 0.25) is 0 Å². The third-order valence-electron chi connectivity index (χ3n) is 3.54. The van der Waals surface area contributed by atoms with Crippen molar-refractivity contribution in [1.82, 2.24) is 19.6 Å². The van der Waals surface area contributed by atoms with Crippen molar-refractivity contribution in [3.63, 3.8) is 0 Å². The molecule has 3 aromatic rings. The minimum Gasteiger partial charge on any atom is -0.478 e. The number of aromatic carboxylic acids is 1. The number of hydrogen-bond donors (Lipinski definition) is 2. The summed E-state index contributed by atoms with van der Waals surface area (Å²) in [5.74, 6) is -1.74. The standard InChI is InChI=1S/C16H14ClN5O3/c1-21-14(13(7-18-21)16(24)25)15(23)20-12-4-2-10(3-5-12)8-22-9-11(17)6-19-22/h2-7,9H,8H2,1H3,(H,20,23)(H,24,25). The van der Waals surface area contributed by atoms with E-state index in [-0.39, 0.29) is 11.3 Å². The number of carbonyl (C=O) groups is 2. The van der Waals surface area contributed by atoms with Crippen LogP contribution < -0.4 is 5.32 Å². The Morgan fingerprint density at radius 3 is 2.52 bits per heavy atom. The molecule has 0 bridgehead atoms. The number of carbonyl (C=O) groups excluding carboxylic acids is 1. The molecule has 0 fully saturated rings. The molecule has 1 aromatic carbocycles. The molecule has 3 rings (SSSR count). The van der Waals surface area contributed by atoms with Crippen LogP contribution in [-0.2, 0) is 13.6 Å². The maximum absolute atomic E-state index is 12.3. The van der Waals surface area contributed by atoms with Gasteiger partial charge in [-0.15, -0.1) is 0 Å². The normalized spacial score (nSPS) is 10.6. The average molecular weight is 360 g/mol. The Kier molecular flexibility index (Phi) is 4.53. The summed E-state index contributed by atoms with van der Waals surface area (Å²) in [6.07, 6.45) is 4.42. The molecule has 0 spiro atoms. The molecule has 0 unspecified atom stereocenters. The molecule has 0 aliphatic heterocycles. The van der Waals surface area contributed by atoms with Crippen LogP contribution in [0.4, 0.5) is 5.69 Å². The SMILES string of the molecule is Cn1ncc(C(=O)O)c1C(=O)Nc1ccc(Cn2cc(Cl)cn2)cc1. The fourth-order valence-corrected chi connectivity index (χ4v) is 2.52. The lowest BCUT2D eigenvalue weighted by Gasteiger charge is -2.08. The van der Waals surface area contributed by atoms with E-state index in [9.17, 15) is 9.59 Å². The van der Waals surface area contributed by atoms with Gasteiger partial charge in [-0.25, -0.2) is 4.79 Å². The largest absolute Gasteiger partial charge is 0.478 e. The molecule has 25 heavy (non-hydrogen) atoms. The van der Waals surface area contributed by atoms with Crippen LogP contribution in [0.25, 0.3) is 0 Å². The number of benzene rings is 1. The number of nitrogens with zero attached hydrogens (tertiary/aromatic N) is 4. The molecule has 128 valence electrons. The first-order chi connectivity index (χ1) is 11.9. The van der Waals surface area contributed by atoms with E-state index in [1.165, 1.54) is 11.7 Å². The number of carboxylic acid groups (broad SMARTS) is 1. The van der Waals surface area contributed by atoms with E-state index in [4.69, 9.17) is 16.7 Å². The first-order valence-corrected chi connectivity index (χ1v) is 7.65. The van der Waals surface area contributed by atoms with E-state index in [1.54, 1.807) is 29.2 Å². The van der Waals surface area contributed by atoms with Crippen LogP contribution >= 0.6 is 11.6 Å². The number of carboxylic acids is 1. The molecule has 2 N–H and O–H groups in total. The monoisotopic (exact) mass is 359 g/mol. The van der Waals surface area contributed by atoms with E-state index in [1.807, 2.05) is 12.1 Å². The van der Waals surface area contributed by atoms with E-state index in [0.717, 1.165) is 11.8 Å². The van der Waals surface area contributed by atoms with Gasteiger partial charge in [0.1, 0.15) is 11.3 Å². The third-order valence-corrected chi connectivity index (χ3v) is 3.74. The van der Waals surface area contributed by atoms with Crippen molar-refractivity contribution in [3.05, 3.63) is 64.7 Å². The Balaban J connectivity index is 1.72. The Morgan fingerprint density at radius 2 is 1.92 bits per heavy atom. The fourth-order valence-electron chi connectivity index (χ4n) is 2.36. The van der Waals surface area contributed by atoms with E-state index in [2.05, 4.69) is 15.5 Å². The van der Waals surface area contributed by atoms with Crippen molar-refractivity contribution < 1.29 is 14.7 Å². The van der Waals surface area contributed by atoms with E-state index < -0.39 is 11.9 Å². The number of aryl methyl sites for hydroxylation is 1. The topological polar surface area (TPSA) is 102 Å². The predicted molar refractivity (Wildman–Crippen MR) is 90.9 cm³/mol. The van der Waals surface area contributed by atoms with Crippen LogP contribution in [0.2, 0.25) is 5.02 Å². The van der Waals surface area contributed by atoms with Gasteiger partial charge in [0.25, 0.3) is 5.91 Å². The van der Waals surface area contributed by atoms with Crippen LogP contribution in [0.5, 0.6) is 0 Å². The van der Waals surface area contributed by atoms with Crippen molar-refractivity contribution in [3.8, 4) is 0 Å². The average Bonchev–Trinajstić information content (AvgIpc) is 3.15. The lowest BCUT2D eigenvalue weighted by Crippen LogP contribution is -2.19. The smallest absolute Gasteiger partial charge is 0.339 e. The number of aromatic nitrogens is 4. The number of halogens is 1. The van der Waals surface area contributed by atoms with E-state index >= 15 is 0 Å². The molecule has 1 amide bonds. The molecular formula is C16H14ClN5O3. The Labute approximate surface area is 147 Å². The van der Waals surface area contributed by atoms with Crippen molar-refractivity contribution in [1.29, 1.82) is 0 Å². The van der Waals surface area contributed by atoms with Crippen molar-refractivity contribution in [2.75, 3.05) is 5.32 Å². The molecule has 0 aliphatic rings. The molecule has 9 heteroatoms. The number of anilines is 1. The number of hydrogen-bond acceptors (Lipinski definition) is 4. The highest BCUT2D eigenvalue weighted by Crippen LogP contribution is 2.15. The quantitative estimate of drug-likeness (QED) is 0.727. The summed E-state index contributed by atoms with van der Waals surface area (Å²) in [4.78, 5) is 23.5. The zero-order valence-electron chi connectivity index (χ0n) is 13.2. The minimum absolute atomic E-state index is 0.0113. The van der Waals surface area contributed by atoms with Gasteiger partial charge in [-0.3, -0.25) is 14.2 Å². The van der Waals surface area contributed by atoms with Crippen LogP contribution in [0.3, 0.4) is 0 Å². The highest BCUT2D eigenvalue weighted by Gasteiger charge is 2.21. The zero-order chi connectivity index (χ0) is 18.0. The fraction of sp³-hybridized carbons (Fsp3) is 0.125. The Morgan fingerprint density at radius 1 is 1.20 bits per heavy atom. The van der Waals surface area contributed by atoms with E-state index in [0.29, 0.717) is 17.3 Å².